The molecule has 1 amide bonds. The van der Waals surface area contributed by atoms with Gasteiger partial charge in [-0.05, 0) is 74.2 Å². The molecule has 5 rings (SSSR count). The molecular formula is C26H22N2O3. The van der Waals surface area contributed by atoms with Gasteiger partial charge in [-0.25, -0.2) is 4.98 Å². The number of benzene rings is 2. The van der Waals surface area contributed by atoms with E-state index in [1.165, 1.54) is 0 Å². The molecule has 0 aliphatic carbocycles. The van der Waals surface area contributed by atoms with Crippen LogP contribution in [0.4, 0.5) is 5.82 Å². The summed E-state index contributed by atoms with van der Waals surface area (Å²) in [7, 11) is 0. The molecule has 0 saturated heterocycles. The van der Waals surface area contributed by atoms with Crippen LogP contribution in [0.1, 0.15) is 50.0 Å². The Balaban J connectivity index is 1.83. The molecule has 2 aromatic heterocycles. The average Bonchev–Trinajstić information content (AvgIpc) is 3.03. The van der Waals surface area contributed by atoms with E-state index < -0.39 is 6.04 Å². The predicted molar refractivity (Wildman–Crippen MR) is 121 cm³/mol. The van der Waals surface area contributed by atoms with Crippen molar-refractivity contribution in [3.8, 4) is 0 Å². The number of nitrogens with zero attached hydrogens (tertiary/aromatic N) is 2. The molecule has 31 heavy (non-hydrogen) atoms. The fourth-order valence-corrected chi connectivity index (χ4v) is 4.18. The van der Waals surface area contributed by atoms with Crippen molar-refractivity contribution in [1.29, 1.82) is 0 Å². The molecule has 154 valence electrons. The van der Waals surface area contributed by atoms with Crippen molar-refractivity contribution in [2.24, 2.45) is 0 Å². The number of hydrogen-bond acceptors (Lipinski definition) is 4. The van der Waals surface area contributed by atoms with Crippen LogP contribution < -0.4 is 10.3 Å². The number of fused-ring (bicyclic) bond motifs is 2. The van der Waals surface area contributed by atoms with E-state index in [-0.39, 0.29) is 17.1 Å². The Hall–Kier alpha value is -3.73. The summed E-state index contributed by atoms with van der Waals surface area (Å²) in [6, 6.07) is 14.7. The highest BCUT2D eigenvalue weighted by Gasteiger charge is 2.44. The van der Waals surface area contributed by atoms with Gasteiger partial charge in [-0.1, -0.05) is 29.8 Å². The van der Waals surface area contributed by atoms with Crippen LogP contribution >= 0.6 is 0 Å². The van der Waals surface area contributed by atoms with E-state index in [2.05, 4.69) is 4.98 Å². The Bertz CT molecular complexity index is 1420. The summed E-state index contributed by atoms with van der Waals surface area (Å²) in [6.07, 6.45) is 1.67. The van der Waals surface area contributed by atoms with Crippen molar-refractivity contribution in [3.63, 3.8) is 0 Å². The third-order valence-corrected chi connectivity index (χ3v) is 6.03. The Kier molecular flexibility index (Phi) is 4.29. The van der Waals surface area contributed by atoms with Crippen molar-refractivity contribution in [2.45, 2.75) is 33.7 Å². The number of anilines is 1. The SMILES string of the molecule is Cc1ccc(C2c3c(oc4cc(C)c(C)cc4c3=O)C(=O)N2c2cc(C)ccn2)cc1. The lowest BCUT2D eigenvalue weighted by Gasteiger charge is -2.24. The number of carbonyl (C=O) groups excluding carboxylic acids is 1. The van der Waals surface area contributed by atoms with E-state index in [9.17, 15) is 9.59 Å². The number of pyridine rings is 1. The van der Waals surface area contributed by atoms with Crippen molar-refractivity contribution in [1.82, 2.24) is 4.98 Å². The molecule has 3 heterocycles. The number of carbonyl (C=O) groups is 1. The van der Waals surface area contributed by atoms with Gasteiger partial charge >= 0.3 is 0 Å². The summed E-state index contributed by atoms with van der Waals surface area (Å²) < 4.78 is 6.07. The van der Waals surface area contributed by atoms with E-state index in [4.69, 9.17) is 4.42 Å². The molecule has 2 aromatic carbocycles. The lowest BCUT2D eigenvalue weighted by atomic mass is 9.97. The number of amides is 1. The highest BCUT2D eigenvalue weighted by Crippen LogP contribution is 2.40. The summed E-state index contributed by atoms with van der Waals surface area (Å²) >= 11 is 0. The maximum absolute atomic E-state index is 13.7. The van der Waals surface area contributed by atoms with Crippen LogP contribution in [0.2, 0.25) is 0 Å². The highest BCUT2D eigenvalue weighted by molar-refractivity contribution is 6.10. The molecule has 0 radical (unpaired) electrons. The predicted octanol–water partition coefficient (Wildman–Crippen LogP) is 5.17. The van der Waals surface area contributed by atoms with E-state index in [1.807, 2.05) is 76.2 Å². The van der Waals surface area contributed by atoms with Crippen LogP contribution in [0.15, 0.2) is 63.9 Å². The molecule has 0 fully saturated rings. The molecule has 5 heteroatoms. The maximum atomic E-state index is 13.7. The molecule has 0 N–H and O–H groups in total. The van der Waals surface area contributed by atoms with Crippen molar-refractivity contribution < 1.29 is 9.21 Å². The van der Waals surface area contributed by atoms with Crippen LogP contribution in [0, 0.1) is 27.7 Å². The van der Waals surface area contributed by atoms with Gasteiger partial charge in [0.25, 0.3) is 5.91 Å². The van der Waals surface area contributed by atoms with Gasteiger partial charge in [0.1, 0.15) is 11.4 Å². The minimum Gasteiger partial charge on any atom is -0.450 e. The molecule has 1 unspecified atom stereocenters. The topological polar surface area (TPSA) is 63.4 Å². The van der Waals surface area contributed by atoms with Crippen molar-refractivity contribution in [3.05, 3.63) is 104 Å². The van der Waals surface area contributed by atoms with Gasteiger partial charge in [0.2, 0.25) is 5.76 Å². The quantitative estimate of drug-likeness (QED) is 0.457. The third-order valence-electron chi connectivity index (χ3n) is 6.03. The summed E-state index contributed by atoms with van der Waals surface area (Å²) in [4.78, 5) is 33.2. The zero-order valence-electron chi connectivity index (χ0n) is 17.9. The Morgan fingerprint density at radius 2 is 1.58 bits per heavy atom. The van der Waals surface area contributed by atoms with Gasteiger partial charge in [0.15, 0.2) is 5.43 Å². The molecule has 4 aromatic rings. The van der Waals surface area contributed by atoms with E-state index in [1.54, 1.807) is 11.1 Å². The molecular weight excluding hydrogens is 388 g/mol. The first-order chi connectivity index (χ1) is 14.8. The van der Waals surface area contributed by atoms with Crippen LogP contribution in [-0.2, 0) is 0 Å². The molecule has 0 saturated carbocycles. The van der Waals surface area contributed by atoms with Gasteiger partial charge in [0.05, 0.1) is 17.0 Å². The molecule has 1 aliphatic rings. The van der Waals surface area contributed by atoms with Gasteiger partial charge in [0, 0.05) is 6.20 Å². The minimum absolute atomic E-state index is 0.0923. The monoisotopic (exact) mass is 410 g/mol. The van der Waals surface area contributed by atoms with Gasteiger partial charge in [-0.2, -0.15) is 0 Å². The smallest absolute Gasteiger partial charge is 0.296 e. The second-order valence-electron chi connectivity index (χ2n) is 8.29. The standard InChI is InChI=1S/C26H22N2O3/c1-14-5-7-18(8-6-14)23-22-24(29)19-12-16(3)17(4)13-20(19)31-25(22)26(30)28(23)21-11-15(2)9-10-27-21/h5-13,23H,1-4H3. The van der Waals surface area contributed by atoms with E-state index >= 15 is 0 Å². The van der Waals surface area contributed by atoms with Crippen molar-refractivity contribution >= 4 is 22.7 Å². The average molecular weight is 410 g/mol. The Morgan fingerprint density at radius 3 is 2.29 bits per heavy atom. The van der Waals surface area contributed by atoms with Crippen LogP contribution in [-0.4, -0.2) is 10.9 Å². The third kappa shape index (κ3) is 2.96. The number of aromatic nitrogens is 1. The summed E-state index contributed by atoms with van der Waals surface area (Å²) in [6.45, 7) is 7.88. The highest BCUT2D eigenvalue weighted by atomic mass is 16.3. The normalized spacial score (nSPS) is 15.5. The number of aryl methyl sites for hydroxylation is 4. The van der Waals surface area contributed by atoms with E-state index in [0.29, 0.717) is 22.4 Å². The fourth-order valence-electron chi connectivity index (χ4n) is 4.18. The number of hydrogen-bond donors (Lipinski definition) is 0. The number of rotatable bonds is 2. The van der Waals surface area contributed by atoms with Gasteiger partial charge in [-0.3, -0.25) is 14.5 Å². The van der Waals surface area contributed by atoms with Crippen LogP contribution in [0.5, 0.6) is 0 Å². The second kappa shape index (κ2) is 6.91. The first-order valence-corrected chi connectivity index (χ1v) is 10.3. The first kappa shape index (κ1) is 19.2. The largest absolute Gasteiger partial charge is 0.450 e. The molecule has 0 bridgehead atoms. The summed E-state index contributed by atoms with van der Waals surface area (Å²) in [5.74, 6) is 0.239. The molecule has 0 spiro atoms. The summed E-state index contributed by atoms with van der Waals surface area (Å²) in [5.41, 5.74) is 5.57. The molecule has 1 atom stereocenters. The fraction of sp³-hybridized carbons (Fsp3) is 0.192. The Morgan fingerprint density at radius 1 is 0.871 bits per heavy atom. The minimum atomic E-state index is -0.598. The zero-order valence-corrected chi connectivity index (χ0v) is 17.9. The summed E-state index contributed by atoms with van der Waals surface area (Å²) in [5, 5.41) is 0.491. The van der Waals surface area contributed by atoms with Crippen molar-refractivity contribution in [2.75, 3.05) is 4.90 Å². The zero-order chi connectivity index (χ0) is 21.9. The molecule has 1 aliphatic heterocycles. The van der Waals surface area contributed by atoms with E-state index in [0.717, 1.165) is 27.8 Å². The van der Waals surface area contributed by atoms with Gasteiger partial charge in [-0.15, -0.1) is 0 Å². The van der Waals surface area contributed by atoms with Gasteiger partial charge < -0.3 is 4.42 Å². The molecule has 5 nitrogen and oxygen atoms in total. The Labute approximate surface area is 180 Å². The van der Waals surface area contributed by atoms with Crippen LogP contribution in [0.3, 0.4) is 0 Å². The lowest BCUT2D eigenvalue weighted by Crippen LogP contribution is -2.30. The lowest BCUT2D eigenvalue weighted by molar-refractivity contribution is 0.0970. The van der Waals surface area contributed by atoms with Crippen LogP contribution in [0.25, 0.3) is 11.0 Å². The first-order valence-electron chi connectivity index (χ1n) is 10.3. The second-order valence-corrected chi connectivity index (χ2v) is 8.29. The maximum Gasteiger partial charge on any atom is 0.296 e.